The molecule has 1 aromatic heterocycles. The van der Waals surface area contributed by atoms with Crippen LogP contribution in [0.15, 0.2) is 52.0 Å². The zero-order valence-corrected chi connectivity index (χ0v) is 17.9. The van der Waals surface area contributed by atoms with Crippen LogP contribution in [0.3, 0.4) is 0 Å². The van der Waals surface area contributed by atoms with Crippen LogP contribution in [0.4, 0.5) is 0 Å². The van der Waals surface area contributed by atoms with Crippen LogP contribution >= 0.6 is 11.6 Å². The second-order valence-electron chi connectivity index (χ2n) is 6.99. The van der Waals surface area contributed by atoms with E-state index in [1.54, 1.807) is 36.5 Å². The number of sulfonamides is 1. The van der Waals surface area contributed by atoms with Crippen LogP contribution in [0.25, 0.3) is 0 Å². The van der Waals surface area contributed by atoms with Crippen molar-refractivity contribution in [1.29, 1.82) is 0 Å². The molecular weight excluding hydrogens is 416 g/mol. The van der Waals surface area contributed by atoms with Crippen LogP contribution in [0.5, 0.6) is 0 Å². The highest BCUT2D eigenvalue weighted by Gasteiger charge is 2.35. The van der Waals surface area contributed by atoms with Crippen LogP contribution in [-0.2, 0) is 26.1 Å². The lowest BCUT2D eigenvalue weighted by Crippen LogP contribution is -2.47. The molecule has 0 spiro atoms. The lowest BCUT2D eigenvalue weighted by Gasteiger charge is -2.34. The second-order valence-corrected chi connectivity index (χ2v) is 9.36. The largest absolute Gasteiger partial charge is 0.467 e. The molecule has 0 aliphatic carbocycles. The molecule has 9 heteroatoms. The van der Waals surface area contributed by atoms with Gasteiger partial charge in [0, 0.05) is 31.8 Å². The molecule has 1 aliphatic rings. The fraction of sp³-hybridized carbons (Fsp3) is 0.450. The molecule has 1 atom stereocenters. The van der Waals surface area contributed by atoms with Crippen molar-refractivity contribution in [2.45, 2.75) is 24.3 Å². The molecule has 2 heterocycles. The number of rotatable bonds is 8. The third-order valence-electron chi connectivity index (χ3n) is 4.99. The Balaban J connectivity index is 1.73. The summed E-state index contributed by atoms with van der Waals surface area (Å²) in [5, 5.41) is 0.474. The molecule has 3 rings (SSSR count). The van der Waals surface area contributed by atoms with Crippen molar-refractivity contribution in [3.63, 3.8) is 0 Å². The van der Waals surface area contributed by atoms with Gasteiger partial charge in [-0.25, -0.2) is 8.42 Å². The second kappa shape index (κ2) is 9.75. The summed E-state index contributed by atoms with van der Waals surface area (Å²) in [5.41, 5.74) is 0. The van der Waals surface area contributed by atoms with Crippen molar-refractivity contribution in [2.24, 2.45) is 5.92 Å². The highest BCUT2D eigenvalue weighted by molar-refractivity contribution is 7.89. The minimum Gasteiger partial charge on any atom is -0.467 e. The van der Waals surface area contributed by atoms with Crippen LogP contribution < -0.4 is 0 Å². The number of furan rings is 1. The van der Waals surface area contributed by atoms with Gasteiger partial charge in [-0.15, -0.1) is 0 Å². The first kappa shape index (κ1) is 21.8. The van der Waals surface area contributed by atoms with Crippen molar-refractivity contribution in [1.82, 2.24) is 9.21 Å². The lowest BCUT2D eigenvalue weighted by molar-refractivity contribution is -0.138. The maximum Gasteiger partial charge on any atom is 0.243 e. The Morgan fingerprint density at radius 2 is 2.07 bits per heavy atom. The molecule has 1 aromatic carbocycles. The average Bonchev–Trinajstić information content (AvgIpc) is 3.24. The van der Waals surface area contributed by atoms with Gasteiger partial charge >= 0.3 is 0 Å². The summed E-state index contributed by atoms with van der Waals surface area (Å²) in [4.78, 5) is 15.0. The Hall–Kier alpha value is -1.87. The summed E-state index contributed by atoms with van der Waals surface area (Å²) >= 11 is 5.87. The Labute approximate surface area is 176 Å². The lowest BCUT2D eigenvalue weighted by atomic mass is 9.98. The minimum absolute atomic E-state index is 0.0885. The van der Waals surface area contributed by atoms with E-state index >= 15 is 0 Å². The van der Waals surface area contributed by atoms with Gasteiger partial charge in [-0.05, 0) is 49.2 Å². The Morgan fingerprint density at radius 1 is 1.31 bits per heavy atom. The van der Waals surface area contributed by atoms with Gasteiger partial charge in [-0.2, -0.15) is 4.31 Å². The predicted molar refractivity (Wildman–Crippen MR) is 109 cm³/mol. The van der Waals surface area contributed by atoms with Gasteiger partial charge in [-0.1, -0.05) is 11.6 Å². The highest BCUT2D eigenvalue weighted by atomic mass is 35.5. The summed E-state index contributed by atoms with van der Waals surface area (Å²) in [6, 6.07) is 9.67. The molecule has 1 amide bonds. The average molecular weight is 441 g/mol. The van der Waals surface area contributed by atoms with Gasteiger partial charge in [0.15, 0.2) is 0 Å². The van der Waals surface area contributed by atoms with E-state index in [1.165, 1.54) is 16.4 Å². The van der Waals surface area contributed by atoms with Gasteiger partial charge in [-0.3, -0.25) is 4.79 Å². The SMILES string of the molecule is COCCN(Cc1ccco1)C(=O)C1CCCN(S(=O)(=O)c2ccc(Cl)cc2)C1. The maximum atomic E-state index is 13.2. The molecule has 0 saturated carbocycles. The van der Waals surface area contributed by atoms with E-state index in [0.717, 1.165) is 0 Å². The smallest absolute Gasteiger partial charge is 0.243 e. The summed E-state index contributed by atoms with van der Waals surface area (Å²) in [6.07, 6.45) is 2.84. The van der Waals surface area contributed by atoms with E-state index in [-0.39, 0.29) is 17.3 Å². The van der Waals surface area contributed by atoms with E-state index in [9.17, 15) is 13.2 Å². The Morgan fingerprint density at radius 3 is 2.72 bits per heavy atom. The number of ether oxygens (including phenoxy) is 1. The molecule has 1 aliphatic heterocycles. The van der Waals surface area contributed by atoms with E-state index in [1.807, 2.05) is 6.07 Å². The van der Waals surface area contributed by atoms with Crippen molar-refractivity contribution < 1.29 is 22.4 Å². The molecular formula is C20H25ClN2O5S. The van der Waals surface area contributed by atoms with Crippen molar-refractivity contribution in [3.8, 4) is 0 Å². The van der Waals surface area contributed by atoms with Crippen molar-refractivity contribution in [3.05, 3.63) is 53.4 Å². The van der Waals surface area contributed by atoms with Gasteiger partial charge in [0.25, 0.3) is 0 Å². The zero-order chi connectivity index (χ0) is 20.9. The number of halogens is 1. The number of benzene rings is 1. The third-order valence-corrected chi connectivity index (χ3v) is 7.12. The zero-order valence-electron chi connectivity index (χ0n) is 16.3. The first-order chi connectivity index (χ1) is 13.9. The van der Waals surface area contributed by atoms with Gasteiger partial charge in [0.1, 0.15) is 5.76 Å². The molecule has 29 heavy (non-hydrogen) atoms. The molecule has 158 valence electrons. The number of nitrogens with zero attached hydrogens (tertiary/aromatic N) is 2. The molecule has 1 saturated heterocycles. The highest BCUT2D eigenvalue weighted by Crippen LogP contribution is 2.26. The summed E-state index contributed by atoms with van der Waals surface area (Å²) in [6.45, 7) is 1.69. The maximum absolute atomic E-state index is 13.2. The molecule has 1 fully saturated rings. The molecule has 1 unspecified atom stereocenters. The van der Waals surface area contributed by atoms with Crippen LogP contribution in [0.1, 0.15) is 18.6 Å². The topological polar surface area (TPSA) is 80.1 Å². The first-order valence-electron chi connectivity index (χ1n) is 9.47. The Bertz CT molecular complexity index is 899. The van der Waals surface area contributed by atoms with E-state index < -0.39 is 15.9 Å². The van der Waals surface area contributed by atoms with Gasteiger partial charge < -0.3 is 14.1 Å². The monoisotopic (exact) mass is 440 g/mol. The van der Waals surface area contributed by atoms with E-state index in [2.05, 4.69) is 0 Å². The Kier molecular flexibility index (Phi) is 7.34. The van der Waals surface area contributed by atoms with Gasteiger partial charge in [0.05, 0.1) is 30.2 Å². The summed E-state index contributed by atoms with van der Waals surface area (Å²) in [7, 11) is -2.10. The molecule has 0 N–H and O–H groups in total. The standard InChI is InChI=1S/C20H25ClN2O5S/c1-27-13-11-22(15-18-5-3-12-28-18)20(24)16-4-2-10-23(14-16)29(25,26)19-8-6-17(21)7-9-19/h3,5-9,12,16H,2,4,10-11,13-15H2,1H3. The number of piperidine rings is 1. The summed E-state index contributed by atoms with van der Waals surface area (Å²) in [5.74, 6) is 0.183. The van der Waals surface area contributed by atoms with Gasteiger partial charge in [0.2, 0.25) is 15.9 Å². The molecule has 2 aromatic rings. The molecule has 0 bridgehead atoms. The number of carbonyl (C=O) groups is 1. The molecule has 0 radical (unpaired) electrons. The predicted octanol–water partition coefficient (Wildman–Crippen LogP) is 3.01. The number of carbonyl (C=O) groups excluding carboxylic acids is 1. The van der Waals surface area contributed by atoms with E-state index in [0.29, 0.717) is 49.9 Å². The minimum atomic E-state index is -3.68. The number of amides is 1. The first-order valence-corrected chi connectivity index (χ1v) is 11.3. The quantitative estimate of drug-likeness (QED) is 0.630. The number of hydrogen-bond donors (Lipinski definition) is 0. The van der Waals surface area contributed by atoms with Crippen LogP contribution in [0, 0.1) is 5.92 Å². The number of hydrogen-bond acceptors (Lipinski definition) is 5. The number of methoxy groups -OCH3 is 1. The fourth-order valence-electron chi connectivity index (χ4n) is 3.44. The van der Waals surface area contributed by atoms with Crippen molar-refractivity contribution >= 4 is 27.5 Å². The normalized spacial score (nSPS) is 17.9. The third kappa shape index (κ3) is 5.39. The van der Waals surface area contributed by atoms with Crippen molar-refractivity contribution in [2.75, 3.05) is 33.4 Å². The fourth-order valence-corrected chi connectivity index (χ4v) is 5.09. The molecule has 7 nitrogen and oxygen atoms in total. The summed E-state index contributed by atoms with van der Waals surface area (Å²) < 4.78 is 37.9. The van der Waals surface area contributed by atoms with Crippen LogP contribution in [-0.4, -0.2) is 56.9 Å². The van der Waals surface area contributed by atoms with E-state index in [4.69, 9.17) is 20.8 Å². The van der Waals surface area contributed by atoms with Crippen LogP contribution in [0.2, 0.25) is 5.02 Å².